The van der Waals surface area contributed by atoms with Crippen LogP contribution in [-0.2, 0) is 15.2 Å². The number of amides is 2. The molecule has 1 fully saturated rings. The number of carbonyl (C=O) groups excluding carboxylic acids is 2. The van der Waals surface area contributed by atoms with E-state index in [9.17, 15) is 14.7 Å². The van der Waals surface area contributed by atoms with E-state index in [0.717, 1.165) is 5.56 Å². The number of hydrogen-bond acceptors (Lipinski definition) is 3. The minimum atomic E-state index is -1.09. The number of benzene rings is 1. The van der Waals surface area contributed by atoms with Crippen molar-refractivity contribution < 1.29 is 14.7 Å². The molecule has 1 heterocycles. The van der Waals surface area contributed by atoms with Gasteiger partial charge >= 0.3 is 0 Å². The zero-order valence-corrected chi connectivity index (χ0v) is 13.2. The first kappa shape index (κ1) is 16.5. The standard InChI is InChI=1S/C17H24N2O3/c1-13(20)19-10-8-14(9-11-19)16(21)18-12-17(2,22)15-6-4-3-5-7-15/h3-7,14,22H,8-12H2,1-2H3,(H,18,21). The number of aliphatic hydroxyl groups is 1. The highest BCUT2D eigenvalue weighted by atomic mass is 16.3. The lowest BCUT2D eigenvalue weighted by molar-refractivity contribution is -0.134. The molecule has 5 heteroatoms. The second-order valence-corrected chi connectivity index (χ2v) is 6.14. The van der Waals surface area contributed by atoms with Crippen molar-refractivity contribution in [3.05, 3.63) is 35.9 Å². The van der Waals surface area contributed by atoms with Crippen LogP contribution in [0.1, 0.15) is 32.3 Å². The summed E-state index contributed by atoms with van der Waals surface area (Å²) in [4.78, 5) is 25.3. The smallest absolute Gasteiger partial charge is 0.223 e. The summed E-state index contributed by atoms with van der Waals surface area (Å²) in [7, 11) is 0. The molecule has 22 heavy (non-hydrogen) atoms. The molecule has 2 rings (SSSR count). The van der Waals surface area contributed by atoms with Gasteiger partial charge in [-0.2, -0.15) is 0 Å². The van der Waals surface area contributed by atoms with Crippen LogP contribution in [-0.4, -0.2) is 41.5 Å². The number of nitrogens with zero attached hydrogens (tertiary/aromatic N) is 1. The number of carbonyl (C=O) groups is 2. The molecule has 2 amide bonds. The van der Waals surface area contributed by atoms with E-state index in [1.165, 1.54) is 0 Å². The van der Waals surface area contributed by atoms with E-state index in [1.54, 1.807) is 18.7 Å². The number of nitrogens with one attached hydrogen (secondary N) is 1. The Hall–Kier alpha value is -1.88. The zero-order chi connectivity index (χ0) is 16.2. The summed E-state index contributed by atoms with van der Waals surface area (Å²) in [6.45, 7) is 4.69. The van der Waals surface area contributed by atoms with Gasteiger partial charge in [-0.3, -0.25) is 9.59 Å². The Morgan fingerprint density at radius 1 is 1.27 bits per heavy atom. The molecule has 1 aromatic rings. The van der Waals surface area contributed by atoms with Gasteiger partial charge in [0.05, 0.1) is 6.54 Å². The van der Waals surface area contributed by atoms with Crippen molar-refractivity contribution in [2.45, 2.75) is 32.3 Å². The molecule has 0 aromatic heterocycles. The molecule has 5 nitrogen and oxygen atoms in total. The summed E-state index contributed by atoms with van der Waals surface area (Å²) in [5, 5.41) is 13.3. The van der Waals surface area contributed by atoms with Gasteiger partial charge in [0.2, 0.25) is 11.8 Å². The van der Waals surface area contributed by atoms with E-state index < -0.39 is 5.60 Å². The summed E-state index contributed by atoms with van der Waals surface area (Å²) in [5.41, 5.74) is -0.307. The van der Waals surface area contributed by atoms with Gasteiger partial charge in [0.25, 0.3) is 0 Å². The van der Waals surface area contributed by atoms with Crippen molar-refractivity contribution in [1.82, 2.24) is 10.2 Å². The third-order valence-corrected chi connectivity index (χ3v) is 4.31. The highest BCUT2D eigenvalue weighted by molar-refractivity contribution is 5.79. The van der Waals surface area contributed by atoms with Gasteiger partial charge in [-0.25, -0.2) is 0 Å². The van der Waals surface area contributed by atoms with Crippen molar-refractivity contribution in [2.75, 3.05) is 19.6 Å². The van der Waals surface area contributed by atoms with Crippen molar-refractivity contribution in [3.63, 3.8) is 0 Å². The topological polar surface area (TPSA) is 69.6 Å². The van der Waals surface area contributed by atoms with Crippen LogP contribution in [0.15, 0.2) is 30.3 Å². The monoisotopic (exact) mass is 304 g/mol. The molecule has 0 radical (unpaired) electrons. The van der Waals surface area contributed by atoms with Crippen LogP contribution in [0.2, 0.25) is 0 Å². The van der Waals surface area contributed by atoms with E-state index in [1.807, 2.05) is 30.3 Å². The average Bonchev–Trinajstić information content (AvgIpc) is 2.53. The van der Waals surface area contributed by atoms with Crippen molar-refractivity contribution in [3.8, 4) is 0 Å². The number of hydrogen-bond donors (Lipinski definition) is 2. The lowest BCUT2D eigenvalue weighted by atomic mass is 9.93. The minimum Gasteiger partial charge on any atom is -0.384 e. The highest BCUT2D eigenvalue weighted by Gasteiger charge is 2.28. The number of piperidine rings is 1. The highest BCUT2D eigenvalue weighted by Crippen LogP contribution is 2.21. The molecular weight excluding hydrogens is 280 g/mol. The maximum Gasteiger partial charge on any atom is 0.223 e. The van der Waals surface area contributed by atoms with Crippen LogP contribution in [0, 0.1) is 5.92 Å². The Morgan fingerprint density at radius 3 is 2.41 bits per heavy atom. The van der Waals surface area contributed by atoms with Crippen LogP contribution in [0.5, 0.6) is 0 Å². The van der Waals surface area contributed by atoms with E-state index in [0.29, 0.717) is 25.9 Å². The normalized spacial score (nSPS) is 18.6. The number of rotatable bonds is 4. The molecule has 120 valence electrons. The summed E-state index contributed by atoms with van der Waals surface area (Å²) < 4.78 is 0. The van der Waals surface area contributed by atoms with Gasteiger partial charge in [0.15, 0.2) is 0 Å². The van der Waals surface area contributed by atoms with Crippen LogP contribution in [0.4, 0.5) is 0 Å². The third-order valence-electron chi connectivity index (χ3n) is 4.31. The predicted octanol–water partition coefficient (Wildman–Crippen LogP) is 1.27. The predicted molar refractivity (Wildman–Crippen MR) is 84.0 cm³/mol. The average molecular weight is 304 g/mol. The molecule has 1 atom stereocenters. The molecule has 1 unspecified atom stereocenters. The molecule has 1 saturated heterocycles. The Balaban J connectivity index is 1.84. The fourth-order valence-electron chi connectivity index (χ4n) is 2.76. The van der Waals surface area contributed by atoms with Crippen molar-refractivity contribution >= 4 is 11.8 Å². The van der Waals surface area contributed by atoms with Gasteiger partial charge in [-0.05, 0) is 25.3 Å². The van der Waals surface area contributed by atoms with Crippen LogP contribution in [0.25, 0.3) is 0 Å². The van der Waals surface area contributed by atoms with Gasteiger partial charge in [-0.15, -0.1) is 0 Å². The van der Waals surface area contributed by atoms with Crippen molar-refractivity contribution in [1.29, 1.82) is 0 Å². The molecule has 1 aliphatic heterocycles. The minimum absolute atomic E-state index is 0.0422. The largest absolute Gasteiger partial charge is 0.384 e. The lowest BCUT2D eigenvalue weighted by Gasteiger charge is -2.31. The zero-order valence-electron chi connectivity index (χ0n) is 13.2. The van der Waals surface area contributed by atoms with E-state index in [4.69, 9.17) is 0 Å². The fourth-order valence-corrected chi connectivity index (χ4v) is 2.76. The Labute approximate surface area is 131 Å². The van der Waals surface area contributed by atoms with E-state index in [2.05, 4.69) is 5.32 Å². The second-order valence-electron chi connectivity index (χ2n) is 6.14. The van der Waals surface area contributed by atoms with Gasteiger partial charge in [-0.1, -0.05) is 30.3 Å². The summed E-state index contributed by atoms with van der Waals surface area (Å²) in [5.74, 6) is -0.0625. The molecule has 1 aromatic carbocycles. The third kappa shape index (κ3) is 4.07. The maximum atomic E-state index is 12.2. The molecule has 0 spiro atoms. The summed E-state index contributed by atoms with van der Waals surface area (Å²) in [6.07, 6.45) is 1.36. The SMILES string of the molecule is CC(=O)N1CCC(C(=O)NCC(C)(O)c2ccccc2)CC1. The van der Waals surface area contributed by atoms with Crippen molar-refractivity contribution in [2.24, 2.45) is 5.92 Å². The van der Waals surface area contributed by atoms with E-state index >= 15 is 0 Å². The first-order valence-corrected chi connectivity index (χ1v) is 7.71. The van der Waals surface area contributed by atoms with Crippen LogP contribution in [0.3, 0.4) is 0 Å². The van der Waals surface area contributed by atoms with Gasteiger partial charge < -0.3 is 15.3 Å². The Morgan fingerprint density at radius 2 is 1.86 bits per heavy atom. The second kappa shape index (κ2) is 6.92. The number of likely N-dealkylation sites (tertiary alicyclic amines) is 1. The summed E-state index contributed by atoms with van der Waals surface area (Å²) >= 11 is 0. The Bertz CT molecular complexity index is 520. The fraction of sp³-hybridized carbons (Fsp3) is 0.529. The maximum absolute atomic E-state index is 12.2. The lowest BCUT2D eigenvalue weighted by Crippen LogP contribution is -2.45. The first-order valence-electron chi connectivity index (χ1n) is 7.71. The first-order chi connectivity index (χ1) is 10.4. The molecule has 0 saturated carbocycles. The van der Waals surface area contributed by atoms with Crippen LogP contribution < -0.4 is 5.32 Å². The van der Waals surface area contributed by atoms with Gasteiger partial charge in [0.1, 0.15) is 5.60 Å². The Kier molecular flexibility index (Phi) is 5.19. The van der Waals surface area contributed by atoms with E-state index in [-0.39, 0.29) is 24.3 Å². The quantitative estimate of drug-likeness (QED) is 0.880. The van der Waals surface area contributed by atoms with Gasteiger partial charge in [0, 0.05) is 25.9 Å². The van der Waals surface area contributed by atoms with Crippen LogP contribution >= 0.6 is 0 Å². The summed E-state index contributed by atoms with van der Waals surface area (Å²) in [6, 6.07) is 9.31. The molecule has 2 N–H and O–H groups in total. The molecule has 1 aliphatic rings. The molecule has 0 aliphatic carbocycles. The molecular formula is C17H24N2O3. The molecule has 0 bridgehead atoms.